The van der Waals surface area contributed by atoms with Crippen molar-refractivity contribution in [2.75, 3.05) is 5.32 Å². The number of carbonyl (C=O) groups is 3. The minimum atomic E-state index is -3.26. The zero-order valence-corrected chi connectivity index (χ0v) is 19.8. The Morgan fingerprint density at radius 3 is 2.50 bits per heavy atom. The Bertz CT molecular complexity index is 1360. The number of pyridine rings is 1. The summed E-state index contributed by atoms with van der Waals surface area (Å²) in [6, 6.07) is 0.933. The molecule has 1 atom stereocenters. The Balaban J connectivity index is 1.67. The van der Waals surface area contributed by atoms with Crippen LogP contribution in [-0.2, 0) is 17.8 Å². The molecule has 1 fully saturated rings. The number of rotatable bonds is 7. The second-order valence-corrected chi connectivity index (χ2v) is 9.22. The van der Waals surface area contributed by atoms with Crippen LogP contribution in [0.3, 0.4) is 0 Å². The van der Waals surface area contributed by atoms with Crippen molar-refractivity contribution in [1.29, 1.82) is 0 Å². The van der Waals surface area contributed by atoms with Gasteiger partial charge in [-0.3, -0.25) is 19.4 Å². The molecule has 1 unspecified atom stereocenters. The number of fused-ring (bicyclic) bond motifs is 1. The second-order valence-electron chi connectivity index (χ2n) is 9.22. The monoisotopic (exact) mass is 544 g/mol. The van der Waals surface area contributed by atoms with E-state index in [2.05, 4.69) is 15.6 Å². The molecule has 38 heavy (non-hydrogen) atoms. The maximum absolute atomic E-state index is 14.4. The third-order valence-electron chi connectivity index (χ3n) is 6.64. The molecule has 204 valence electrons. The molecule has 3 heterocycles. The first kappa shape index (κ1) is 27.0. The lowest BCUT2D eigenvalue weighted by molar-refractivity contribution is -0.137. The van der Waals surface area contributed by atoms with Crippen LogP contribution in [0.2, 0.25) is 0 Å². The first-order chi connectivity index (χ1) is 17.7. The molecule has 2 aliphatic rings. The van der Waals surface area contributed by atoms with Gasteiger partial charge in [-0.15, -0.1) is 0 Å². The molecule has 1 aliphatic carbocycles. The van der Waals surface area contributed by atoms with Crippen LogP contribution in [-0.4, -0.2) is 44.8 Å². The van der Waals surface area contributed by atoms with Crippen molar-refractivity contribution in [3.63, 3.8) is 0 Å². The molecule has 0 radical (unpaired) electrons. The standard InChI is InChI=1S/C23H22F6N6O3/c1-9-14(18(36)21(38)34-22(13(31)5-30)7-23(28,29)8-22)12-4-10(24)6-35(12)17(9)20(37)33-11-2-3-32-16(15(11)25)19(26)27/h2-3,5,10,19H,4,6-8,30-31H2,1H3,(H,34,38)(H,32,33,37)/b13-5-. The van der Waals surface area contributed by atoms with Gasteiger partial charge in [0, 0.05) is 37.4 Å². The van der Waals surface area contributed by atoms with Gasteiger partial charge >= 0.3 is 0 Å². The van der Waals surface area contributed by atoms with Crippen LogP contribution < -0.4 is 22.1 Å². The Labute approximate surface area is 211 Å². The highest BCUT2D eigenvalue weighted by Crippen LogP contribution is 2.48. The lowest BCUT2D eigenvalue weighted by Crippen LogP contribution is -2.65. The minimum absolute atomic E-state index is 0.0147. The van der Waals surface area contributed by atoms with Gasteiger partial charge in [-0.05, 0) is 18.6 Å². The van der Waals surface area contributed by atoms with E-state index in [0.717, 1.165) is 23.0 Å². The summed E-state index contributed by atoms with van der Waals surface area (Å²) in [7, 11) is 0. The quantitative estimate of drug-likeness (QED) is 0.240. The smallest absolute Gasteiger partial charge is 0.293 e. The number of hydrogen-bond donors (Lipinski definition) is 4. The number of anilines is 1. The number of nitrogens with two attached hydrogens (primary N) is 2. The van der Waals surface area contributed by atoms with Crippen molar-refractivity contribution < 1.29 is 40.7 Å². The fraction of sp³-hybridized carbons (Fsp3) is 0.391. The van der Waals surface area contributed by atoms with E-state index in [0.29, 0.717) is 0 Å². The van der Waals surface area contributed by atoms with E-state index >= 15 is 0 Å². The van der Waals surface area contributed by atoms with Crippen molar-refractivity contribution in [3.05, 3.63) is 58.2 Å². The molecule has 0 spiro atoms. The number of amides is 2. The van der Waals surface area contributed by atoms with Crippen molar-refractivity contribution in [2.45, 2.75) is 56.8 Å². The normalized spacial score (nSPS) is 19.6. The van der Waals surface area contributed by atoms with E-state index in [9.17, 15) is 40.7 Å². The van der Waals surface area contributed by atoms with Gasteiger partial charge in [-0.25, -0.2) is 26.3 Å². The number of carbonyl (C=O) groups excluding carboxylic acids is 3. The maximum atomic E-state index is 14.4. The molecule has 0 aromatic carbocycles. The third kappa shape index (κ3) is 4.45. The van der Waals surface area contributed by atoms with Crippen molar-refractivity contribution in [3.8, 4) is 0 Å². The molecule has 1 saturated carbocycles. The number of Topliss-reactive ketones (excluding diaryl/α,β-unsaturated/α-hetero) is 1. The molecule has 0 bridgehead atoms. The predicted molar refractivity (Wildman–Crippen MR) is 121 cm³/mol. The van der Waals surface area contributed by atoms with Crippen molar-refractivity contribution >= 4 is 23.3 Å². The molecule has 6 N–H and O–H groups in total. The zero-order valence-electron chi connectivity index (χ0n) is 19.8. The number of nitrogens with one attached hydrogen (secondary N) is 2. The molecule has 2 aromatic heterocycles. The van der Waals surface area contributed by atoms with E-state index in [-0.39, 0.29) is 41.2 Å². The van der Waals surface area contributed by atoms with E-state index in [1.54, 1.807) is 0 Å². The summed E-state index contributed by atoms with van der Waals surface area (Å²) in [5.74, 6) is -8.27. The first-order valence-corrected chi connectivity index (χ1v) is 11.2. The van der Waals surface area contributed by atoms with Gasteiger partial charge in [0.2, 0.25) is 0 Å². The summed E-state index contributed by atoms with van der Waals surface area (Å²) < 4.78 is 83.1. The molecule has 2 amide bonds. The fourth-order valence-electron chi connectivity index (χ4n) is 4.92. The van der Waals surface area contributed by atoms with Crippen LogP contribution in [0, 0.1) is 12.7 Å². The van der Waals surface area contributed by atoms with E-state index in [4.69, 9.17) is 11.5 Å². The van der Waals surface area contributed by atoms with Crippen LogP contribution >= 0.6 is 0 Å². The minimum Gasteiger partial charge on any atom is -0.403 e. The van der Waals surface area contributed by atoms with Gasteiger partial charge in [0.1, 0.15) is 17.6 Å². The molecule has 0 saturated heterocycles. The van der Waals surface area contributed by atoms with Gasteiger partial charge in [0.05, 0.1) is 29.0 Å². The Hall–Kier alpha value is -4.04. The number of alkyl halides is 5. The highest BCUT2D eigenvalue weighted by atomic mass is 19.3. The Morgan fingerprint density at radius 1 is 1.26 bits per heavy atom. The SMILES string of the molecule is Cc1c(C(=O)C(=O)NC2(/C(N)=C/N)CC(F)(F)C2)c2n(c1C(=O)Nc1ccnc(C(F)F)c1F)CC(F)C2. The van der Waals surface area contributed by atoms with Crippen LogP contribution in [0.4, 0.5) is 32.0 Å². The molecule has 4 rings (SSSR count). The lowest BCUT2D eigenvalue weighted by atomic mass is 9.71. The number of hydrogen-bond acceptors (Lipinski definition) is 6. The maximum Gasteiger partial charge on any atom is 0.293 e. The van der Waals surface area contributed by atoms with Crippen molar-refractivity contribution in [2.24, 2.45) is 11.5 Å². The number of aromatic nitrogens is 2. The van der Waals surface area contributed by atoms with E-state index in [1.165, 1.54) is 6.92 Å². The van der Waals surface area contributed by atoms with Gasteiger partial charge in [0.15, 0.2) is 5.82 Å². The topological polar surface area (TPSA) is 145 Å². The lowest BCUT2D eigenvalue weighted by Gasteiger charge is -2.47. The van der Waals surface area contributed by atoms with Crippen LogP contribution in [0.25, 0.3) is 0 Å². The molecule has 1 aliphatic heterocycles. The predicted octanol–water partition coefficient (Wildman–Crippen LogP) is 2.64. The Morgan fingerprint density at radius 2 is 1.92 bits per heavy atom. The average Bonchev–Trinajstić information content (AvgIpc) is 3.30. The number of halogens is 6. The van der Waals surface area contributed by atoms with E-state index < -0.39 is 71.7 Å². The van der Waals surface area contributed by atoms with E-state index in [1.807, 2.05) is 0 Å². The van der Waals surface area contributed by atoms with Crippen LogP contribution in [0.1, 0.15) is 57.1 Å². The molecule has 2 aromatic rings. The number of ketones is 1. The third-order valence-corrected chi connectivity index (χ3v) is 6.64. The Kier molecular flexibility index (Phi) is 6.66. The summed E-state index contributed by atoms with van der Waals surface area (Å²) in [5.41, 5.74) is 6.42. The zero-order chi connectivity index (χ0) is 28.2. The molecule has 15 heteroatoms. The average molecular weight is 544 g/mol. The molecular formula is C23H22F6N6O3. The molecular weight excluding hydrogens is 522 g/mol. The first-order valence-electron chi connectivity index (χ1n) is 11.2. The summed E-state index contributed by atoms with van der Waals surface area (Å²) in [6.07, 6.45) is -5.27. The van der Waals surface area contributed by atoms with Gasteiger partial charge in [-0.2, -0.15) is 0 Å². The highest BCUT2D eigenvalue weighted by molar-refractivity contribution is 6.44. The summed E-state index contributed by atoms with van der Waals surface area (Å²) in [5, 5.41) is 4.31. The summed E-state index contributed by atoms with van der Waals surface area (Å²) in [4.78, 5) is 42.3. The van der Waals surface area contributed by atoms with Crippen LogP contribution in [0.5, 0.6) is 0 Å². The number of nitrogens with zero attached hydrogens (tertiary/aromatic N) is 2. The van der Waals surface area contributed by atoms with Gasteiger partial charge in [0.25, 0.3) is 29.9 Å². The summed E-state index contributed by atoms with van der Waals surface area (Å²) >= 11 is 0. The van der Waals surface area contributed by atoms with Gasteiger partial charge < -0.3 is 26.7 Å². The summed E-state index contributed by atoms with van der Waals surface area (Å²) in [6.45, 7) is 0.900. The van der Waals surface area contributed by atoms with Gasteiger partial charge in [-0.1, -0.05) is 0 Å². The second kappa shape index (κ2) is 9.36. The highest BCUT2D eigenvalue weighted by Gasteiger charge is 2.59. The fourth-order valence-corrected chi connectivity index (χ4v) is 4.92. The largest absolute Gasteiger partial charge is 0.403 e. The van der Waals surface area contributed by atoms with Crippen LogP contribution in [0.15, 0.2) is 24.2 Å². The van der Waals surface area contributed by atoms with Crippen molar-refractivity contribution in [1.82, 2.24) is 14.9 Å². The molecule has 9 nitrogen and oxygen atoms in total.